The first kappa shape index (κ1) is 5.62. The van der Waals surface area contributed by atoms with Crippen LogP contribution in [0.1, 0.15) is 5.69 Å². The van der Waals surface area contributed by atoms with Gasteiger partial charge in [-0.3, -0.25) is 0 Å². The largest absolute Gasteiger partial charge is 0.330 e. The molecular weight excluding hydrogens is 124 g/mol. The molecule has 0 aromatic carbocycles. The van der Waals surface area contributed by atoms with E-state index < -0.39 is 0 Å². The smallest absolute Gasteiger partial charge is 0.216 e. The molecule has 0 atom stereocenters. The van der Waals surface area contributed by atoms with E-state index in [2.05, 4.69) is 10.4 Å². The molecule has 0 aliphatic rings. The molecule has 44 valence electrons. The highest BCUT2D eigenvalue weighted by Gasteiger charge is 1.99. The molecule has 1 aromatic heterocycles. The summed E-state index contributed by atoms with van der Waals surface area (Å²) in [6.07, 6.45) is 1.93. The van der Waals surface area contributed by atoms with E-state index in [0.717, 1.165) is 10.8 Å². The number of rotatable bonds is 1. The first-order chi connectivity index (χ1) is 3.84. The first-order valence-corrected chi connectivity index (χ1v) is 3.40. The van der Waals surface area contributed by atoms with Crippen LogP contribution >= 0.6 is 11.8 Å². The monoisotopic (exact) mass is 130 g/mol. The fourth-order valence-corrected chi connectivity index (χ4v) is 0.855. The third-order valence-corrected chi connectivity index (χ3v) is 1.54. The lowest BCUT2D eigenvalue weighted by Gasteiger charge is -1.80. The van der Waals surface area contributed by atoms with Gasteiger partial charge in [0, 0.05) is 5.27 Å². The second kappa shape index (κ2) is 2.17. The second-order valence-corrected chi connectivity index (χ2v) is 2.13. The molecule has 0 amide bonds. The van der Waals surface area contributed by atoms with Gasteiger partial charge in [0.25, 0.3) is 0 Å². The number of nitrogens with zero attached hydrogens (tertiary/aromatic N) is 2. The van der Waals surface area contributed by atoms with Crippen molar-refractivity contribution in [3.8, 4) is 0 Å². The van der Waals surface area contributed by atoms with Crippen molar-refractivity contribution >= 4 is 11.8 Å². The van der Waals surface area contributed by atoms with Gasteiger partial charge in [-0.2, -0.15) is 0 Å². The summed E-state index contributed by atoms with van der Waals surface area (Å²) in [6, 6.07) is 0. The van der Waals surface area contributed by atoms with Gasteiger partial charge < -0.3 is 4.52 Å². The SMILES string of the molecule is CSc1onnc1C. The number of aromatic nitrogens is 2. The standard InChI is InChI=1S/C4H6N2OS/c1-3-4(8-2)7-6-5-3/h1-2H3. The van der Waals surface area contributed by atoms with Gasteiger partial charge in [-0.1, -0.05) is 11.8 Å². The Morgan fingerprint density at radius 3 is 2.62 bits per heavy atom. The van der Waals surface area contributed by atoms with E-state index in [4.69, 9.17) is 4.52 Å². The van der Waals surface area contributed by atoms with E-state index in [1.807, 2.05) is 13.2 Å². The van der Waals surface area contributed by atoms with Crippen molar-refractivity contribution < 1.29 is 4.52 Å². The van der Waals surface area contributed by atoms with Crippen LogP contribution in [0.3, 0.4) is 0 Å². The Labute approximate surface area is 51.4 Å². The summed E-state index contributed by atoms with van der Waals surface area (Å²) in [7, 11) is 0. The third kappa shape index (κ3) is 0.838. The lowest BCUT2D eigenvalue weighted by Crippen LogP contribution is -1.70. The van der Waals surface area contributed by atoms with Crippen molar-refractivity contribution in [3.05, 3.63) is 5.69 Å². The summed E-state index contributed by atoms with van der Waals surface area (Å²) in [5.74, 6) is 0. The van der Waals surface area contributed by atoms with Gasteiger partial charge in [0.15, 0.2) is 0 Å². The van der Waals surface area contributed by atoms with E-state index in [1.165, 1.54) is 11.8 Å². The Hall–Kier alpha value is -0.510. The molecule has 0 bridgehead atoms. The van der Waals surface area contributed by atoms with Crippen LogP contribution in [0.4, 0.5) is 0 Å². The van der Waals surface area contributed by atoms with Crippen LogP contribution in [0.15, 0.2) is 9.62 Å². The van der Waals surface area contributed by atoms with E-state index in [9.17, 15) is 0 Å². The minimum absolute atomic E-state index is 0.796. The van der Waals surface area contributed by atoms with Gasteiger partial charge in [-0.05, 0) is 13.2 Å². The van der Waals surface area contributed by atoms with Crippen LogP contribution < -0.4 is 0 Å². The van der Waals surface area contributed by atoms with Gasteiger partial charge in [0.05, 0.1) is 0 Å². The molecule has 0 aliphatic heterocycles. The predicted octanol–water partition coefficient (Wildman–Crippen LogP) is 1.10. The first-order valence-electron chi connectivity index (χ1n) is 2.17. The topological polar surface area (TPSA) is 38.9 Å². The zero-order valence-electron chi connectivity index (χ0n) is 4.71. The number of thioether (sulfide) groups is 1. The Morgan fingerprint density at radius 1 is 1.62 bits per heavy atom. The average Bonchev–Trinajstić information content (AvgIpc) is 2.14. The molecule has 0 radical (unpaired) electrons. The zero-order chi connectivity index (χ0) is 5.98. The Balaban J connectivity index is 2.92. The molecule has 4 heteroatoms. The molecule has 0 saturated carbocycles. The highest BCUT2D eigenvalue weighted by atomic mass is 32.2. The summed E-state index contributed by atoms with van der Waals surface area (Å²) < 4.78 is 4.72. The molecule has 0 aliphatic carbocycles. The molecular formula is C4H6N2OS. The van der Waals surface area contributed by atoms with Crippen molar-refractivity contribution in [3.63, 3.8) is 0 Å². The summed E-state index contributed by atoms with van der Waals surface area (Å²) in [6.45, 7) is 1.86. The average molecular weight is 130 g/mol. The van der Waals surface area contributed by atoms with Crippen LogP contribution in [0, 0.1) is 6.92 Å². The van der Waals surface area contributed by atoms with E-state index >= 15 is 0 Å². The fraction of sp³-hybridized carbons (Fsp3) is 0.500. The molecule has 1 heterocycles. The maximum absolute atomic E-state index is 4.72. The number of aryl methyl sites for hydroxylation is 1. The summed E-state index contributed by atoms with van der Waals surface area (Å²) >= 11 is 1.51. The van der Waals surface area contributed by atoms with Crippen molar-refractivity contribution in [1.29, 1.82) is 0 Å². The Bertz CT molecular complexity index is 174. The molecule has 1 aromatic rings. The highest BCUT2D eigenvalue weighted by molar-refractivity contribution is 7.98. The molecule has 3 nitrogen and oxygen atoms in total. The minimum Gasteiger partial charge on any atom is -0.330 e. The summed E-state index contributed by atoms with van der Waals surface area (Å²) in [4.78, 5) is 0. The number of hydrogen-bond donors (Lipinski definition) is 0. The lowest BCUT2D eigenvalue weighted by atomic mass is 10.6. The van der Waals surface area contributed by atoms with Gasteiger partial charge in [0.1, 0.15) is 5.69 Å². The van der Waals surface area contributed by atoms with Crippen molar-refractivity contribution in [2.75, 3.05) is 6.26 Å². The maximum atomic E-state index is 4.72. The van der Waals surface area contributed by atoms with E-state index in [0.29, 0.717) is 0 Å². The van der Waals surface area contributed by atoms with Gasteiger partial charge in [-0.25, -0.2) is 0 Å². The molecule has 0 saturated heterocycles. The molecule has 1 rings (SSSR count). The quantitative estimate of drug-likeness (QED) is 0.533. The van der Waals surface area contributed by atoms with Crippen LogP contribution in [0.25, 0.3) is 0 Å². The molecule has 0 fully saturated rings. The van der Waals surface area contributed by atoms with E-state index in [1.54, 1.807) is 0 Å². The minimum atomic E-state index is 0.796. The summed E-state index contributed by atoms with van der Waals surface area (Å²) in [5, 5.41) is 7.79. The Kier molecular flexibility index (Phi) is 1.53. The second-order valence-electron chi connectivity index (χ2n) is 1.35. The van der Waals surface area contributed by atoms with Gasteiger partial charge in [-0.15, -0.1) is 5.10 Å². The van der Waals surface area contributed by atoms with Crippen LogP contribution in [-0.2, 0) is 0 Å². The molecule has 0 unspecified atom stereocenters. The van der Waals surface area contributed by atoms with Gasteiger partial charge in [0.2, 0.25) is 5.09 Å². The van der Waals surface area contributed by atoms with Crippen LogP contribution in [-0.4, -0.2) is 16.6 Å². The van der Waals surface area contributed by atoms with Crippen molar-refractivity contribution in [2.24, 2.45) is 0 Å². The molecule has 8 heavy (non-hydrogen) atoms. The van der Waals surface area contributed by atoms with Crippen molar-refractivity contribution in [1.82, 2.24) is 10.4 Å². The van der Waals surface area contributed by atoms with E-state index in [-0.39, 0.29) is 0 Å². The summed E-state index contributed by atoms with van der Waals surface area (Å²) in [5.41, 5.74) is 0.859. The molecule has 0 N–H and O–H groups in total. The van der Waals surface area contributed by atoms with Gasteiger partial charge >= 0.3 is 0 Å². The van der Waals surface area contributed by atoms with Crippen LogP contribution in [0.2, 0.25) is 0 Å². The lowest BCUT2D eigenvalue weighted by molar-refractivity contribution is 0.331. The maximum Gasteiger partial charge on any atom is 0.216 e. The normalized spacial score (nSPS) is 9.75. The Morgan fingerprint density at radius 2 is 2.38 bits per heavy atom. The van der Waals surface area contributed by atoms with Crippen LogP contribution in [0.5, 0.6) is 0 Å². The molecule has 0 spiro atoms. The predicted molar refractivity (Wildman–Crippen MR) is 30.8 cm³/mol. The van der Waals surface area contributed by atoms with Crippen molar-refractivity contribution in [2.45, 2.75) is 12.0 Å². The highest BCUT2D eigenvalue weighted by Crippen LogP contribution is 2.15. The number of hydrogen-bond acceptors (Lipinski definition) is 4. The fourth-order valence-electron chi connectivity index (χ4n) is 0.411. The third-order valence-electron chi connectivity index (χ3n) is 0.795. The zero-order valence-corrected chi connectivity index (χ0v) is 5.53.